The van der Waals surface area contributed by atoms with Crippen molar-refractivity contribution in [1.29, 1.82) is 0 Å². The molecule has 0 aromatic carbocycles. The molecule has 1 aromatic rings. The van der Waals surface area contributed by atoms with Crippen LogP contribution in [0.2, 0.25) is 0 Å². The molecule has 0 fully saturated rings. The molecule has 1 atom stereocenters. The van der Waals surface area contributed by atoms with Gasteiger partial charge in [-0.25, -0.2) is 9.97 Å². The van der Waals surface area contributed by atoms with Crippen molar-refractivity contribution in [3.8, 4) is 0 Å². The molecule has 0 radical (unpaired) electrons. The first-order valence-electron chi connectivity index (χ1n) is 5.28. The number of nitrogens with zero attached hydrogens (tertiary/aromatic N) is 3. The lowest BCUT2D eigenvalue weighted by molar-refractivity contribution is 0.655. The standard InChI is InChI=1S/C11H20N4/c1-8(12)5-6-15(4)11-7-9(2)13-10(3)14-11/h7-8H,5-6,12H2,1-4H3. The number of nitrogens with two attached hydrogens (primary N) is 1. The number of hydrogen-bond acceptors (Lipinski definition) is 4. The minimum absolute atomic E-state index is 0.233. The predicted molar refractivity (Wildman–Crippen MR) is 63.0 cm³/mol. The van der Waals surface area contributed by atoms with Crippen molar-refractivity contribution >= 4 is 5.82 Å². The number of aryl methyl sites for hydroxylation is 2. The Morgan fingerprint density at radius 1 is 1.40 bits per heavy atom. The molecule has 0 spiro atoms. The molecule has 0 bridgehead atoms. The van der Waals surface area contributed by atoms with E-state index in [1.807, 2.05) is 33.9 Å². The topological polar surface area (TPSA) is 55.0 Å². The van der Waals surface area contributed by atoms with Gasteiger partial charge in [0.05, 0.1) is 0 Å². The van der Waals surface area contributed by atoms with Crippen molar-refractivity contribution in [3.63, 3.8) is 0 Å². The van der Waals surface area contributed by atoms with Gasteiger partial charge in [-0.05, 0) is 27.2 Å². The third kappa shape index (κ3) is 3.83. The van der Waals surface area contributed by atoms with Crippen molar-refractivity contribution in [3.05, 3.63) is 17.6 Å². The number of anilines is 1. The molecule has 1 aromatic heterocycles. The van der Waals surface area contributed by atoms with E-state index in [1.54, 1.807) is 0 Å². The average Bonchev–Trinajstić information content (AvgIpc) is 2.12. The first-order chi connectivity index (χ1) is 6.99. The van der Waals surface area contributed by atoms with Crippen LogP contribution in [0.15, 0.2) is 6.07 Å². The van der Waals surface area contributed by atoms with Gasteiger partial charge in [-0.3, -0.25) is 0 Å². The Kier molecular flexibility index (Phi) is 4.03. The van der Waals surface area contributed by atoms with E-state index in [4.69, 9.17) is 5.73 Å². The lowest BCUT2D eigenvalue weighted by atomic mass is 10.2. The maximum atomic E-state index is 5.72. The van der Waals surface area contributed by atoms with Crippen LogP contribution in [0, 0.1) is 13.8 Å². The third-order valence-electron chi connectivity index (χ3n) is 2.26. The fourth-order valence-electron chi connectivity index (χ4n) is 1.40. The molecule has 4 nitrogen and oxygen atoms in total. The molecule has 0 aliphatic heterocycles. The summed E-state index contributed by atoms with van der Waals surface area (Å²) in [5.74, 6) is 1.79. The summed E-state index contributed by atoms with van der Waals surface area (Å²) in [6.07, 6.45) is 0.971. The predicted octanol–water partition coefficient (Wildman–Crippen LogP) is 1.27. The van der Waals surface area contributed by atoms with E-state index in [-0.39, 0.29) is 6.04 Å². The number of hydrogen-bond donors (Lipinski definition) is 1. The summed E-state index contributed by atoms with van der Waals surface area (Å²) in [6, 6.07) is 2.23. The van der Waals surface area contributed by atoms with Crippen LogP contribution in [-0.4, -0.2) is 29.6 Å². The Balaban J connectivity index is 2.68. The van der Waals surface area contributed by atoms with Crippen LogP contribution in [0.3, 0.4) is 0 Å². The van der Waals surface area contributed by atoms with Crippen molar-refractivity contribution < 1.29 is 0 Å². The molecule has 4 heteroatoms. The molecule has 1 rings (SSSR count). The second-order valence-electron chi connectivity index (χ2n) is 4.10. The van der Waals surface area contributed by atoms with Gasteiger partial charge in [-0.1, -0.05) is 0 Å². The summed E-state index contributed by atoms with van der Waals surface area (Å²) < 4.78 is 0. The molecule has 2 N–H and O–H groups in total. The van der Waals surface area contributed by atoms with Crippen LogP contribution in [0.4, 0.5) is 5.82 Å². The summed E-state index contributed by atoms with van der Waals surface area (Å²) in [4.78, 5) is 10.8. The van der Waals surface area contributed by atoms with Crippen molar-refractivity contribution in [2.24, 2.45) is 5.73 Å². The zero-order valence-corrected chi connectivity index (χ0v) is 9.99. The van der Waals surface area contributed by atoms with Gasteiger partial charge in [-0.15, -0.1) is 0 Å². The maximum absolute atomic E-state index is 5.72. The molecule has 0 saturated carbocycles. The molecular weight excluding hydrogens is 188 g/mol. The van der Waals surface area contributed by atoms with Crippen LogP contribution in [0.25, 0.3) is 0 Å². The number of aromatic nitrogens is 2. The highest BCUT2D eigenvalue weighted by Crippen LogP contribution is 2.10. The lowest BCUT2D eigenvalue weighted by Gasteiger charge is -2.19. The SMILES string of the molecule is Cc1cc(N(C)CCC(C)N)nc(C)n1. The molecule has 0 aliphatic rings. The van der Waals surface area contributed by atoms with Crippen molar-refractivity contribution in [1.82, 2.24) is 9.97 Å². The molecule has 0 saturated heterocycles. The molecule has 1 unspecified atom stereocenters. The Hall–Kier alpha value is -1.16. The van der Waals surface area contributed by atoms with Gasteiger partial charge in [0.25, 0.3) is 0 Å². The molecule has 0 aliphatic carbocycles. The van der Waals surface area contributed by atoms with Crippen LogP contribution >= 0.6 is 0 Å². The monoisotopic (exact) mass is 208 g/mol. The van der Waals surface area contributed by atoms with E-state index in [2.05, 4.69) is 14.9 Å². The molecular formula is C11H20N4. The summed E-state index contributed by atoms with van der Waals surface area (Å²) in [5, 5.41) is 0. The molecule has 15 heavy (non-hydrogen) atoms. The second kappa shape index (κ2) is 5.07. The Morgan fingerprint density at radius 2 is 2.07 bits per heavy atom. The highest BCUT2D eigenvalue weighted by molar-refractivity contribution is 5.38. The largest absolute Gasteiger partial charge is 0.360 e. The zero-order chi connectivity index (χ0) is 11.4. The van der Waals surface area contributed by atoms with Gasteiger partial charge in [0.2, 0.25) is 0 Å². The molecule has 0 amide bonds. The van der Waals surface area contributed by atoms with E-state index >= 15 is 0 Å². The van der Waals surface area contributed by atoms with E-state index in [1.165, 1.54) is 0 Å². The van der Waals surface area contributed by atoms with Crippen LogP contribution in [-0.2, 0) is 0 Å². The number of rotatable bonds is 4. The normalized spacial score (nSPS) is 12.6. The maximum Gasteiger partial charge on any atom is 0.132 e. The van der Waals surface area contributed by atoms with E-state index in [9.17, 15) is 0 Å². The summed E-state index contributed by atoms with van der Waals surface area (Å²) in [7, 11) is 2.03. The van der Waals surface area contributed by atoms with Crippen molar-refractivity contribution in [2.45, 2.75) is 33.2 Å². The van der Waals surface area contributed by atoms with Gasteiger partial charge < -0.3 is 10.6 Å². The first kappa shape index (κ1) is 11.9. The summed E-state index contributed by atoms with van der Waals surface area (Å²) >= 11 is 0. The van der Waals surface area contributed by atoms with Crippen LogP contribution < -0.4 is 10.6 Å². The summed E-state index contributed by atoms with van der Waals surface area (Å²) in [5.41, 5.74) is 6.72. The molecule has 1 heterocycles. The fourth-order valence-corrected chi connectivity index (χ4v) is 1.40. The lowest BCUT2D eigenvalue weighted by Crippen LogP contribution is -2.26. The van der Waals surface area contributed by atoms with E-state index in [0.717, 1.165) is 30.3 Å². The van der Waals surface area contributed by atoms with E-state index < -0.39 is 0 Å². The smallest absolute Gasteiger partial charge is 0.132 e. The average molecular weight is 208 g/mol. The third-order valence-corrected chi connectivity index (χ3v) is 2.26. The van der Waals surface area contributed by atoms with E-state index in [0.29, 0.717) is 0 Å². The Morgan fingerprint density at radius 3 is 2.60 bits per heavy atom. The van der Waals surface area contributed by atoms with Gasteiger partial charge >= 0.3 is 0 Å². The van der Waals surface area contributed by atoms with Gasteiger partial charge in [-0.2, -0.15) is 0 Å². The fraction of sp³-hybridized carbons (Fsp3) is 0.636. The van der Waals surface area contributed by atoms with Crippen LogP contribution in [0.1, 0.15) is 24.9 Å². The Labute approximate surface area is 91.5 Å². The highest BCUT2D eigenvalue weighted by atomic mass is 15.2. The van der Waals surface area contributed by atoms with Gasteiger partial charge in [0.15, 0.2) is 0 Å². The van der Waals surface area contributed by atoms with Gasteiger partial charge in [0, 0.05) is 31.4 Å². The zero-order valence-electron chi connectivity index (χ0n) is 9.99. The Bertz CT molecular complexity index is 302. The van der Waals surface area contributed by atoms with Crippen molar-refractivity contribution in [2.75, 3.05) is 18.5 Å². The van der Waals surface area contributed by atoms with Crippen LogP contribution in [0.5, 0.6) is 0 Å². The minimum Gasteiger partial charge on any atom is -0.360 e. The summed E-state index contributed by atoms with van der Waals surface area (Å²) in [6.45, 7) is 6.84. The minimum atomic E-state index is 0.233. The highest BCUT2D eigenvalue weighted by Gasteiger charge is 2.05. The second-order valence-corrected chi connectivity index (χ2v) is 4.10. The first-order valence-corrected chi connectivity index (χ1v) is 5.28. The quantitative estimate of drug-likeness (QED) is 0.809. The van der Waals surface area contributed by atoms with Gasteiger partial charge in [0.1, 0.15) is 11.6 Å². The molecule has 84 valence electrons.